The number of rotatable bonds is 5. The summed E-state index contributed by atoms with van der Waals surface area (Å²) in [5, 5.41) is 3.58. The van der Waals surface area contributed by atoms with Crippen LogP contribution in [0.2, 0.25) is 0 Å². The van der Waals surface area contributed by atoms with Gasteiger partial charge in [-0.25, -0.2) is 0 Å². The summed E-state index contributed by atoms with van der Waals surface area (Å²) in [6.45, 7) is 14.0. The average Bonchev–Trinajstić information content (AvgIpc) is 2.50. The molecule has 0 saturated carbocycles. The van der Waals surface area contributed by atoms with E-state index in [-0.39, 0.29) is 0 Å². The van der Waals surface area contributed by atoms with Gasteiger partial charge in [-0.1, -0.05) is 27.2 Å². The molecule has 0 spiro atoms. The number of nitrogens with one attached hydrogen (secondary N) is 1. The summed E-state index contributed by atoms with van der Waals surface area (Å²) in [7, 11) is 0. The quantitative estimate of drug-likeness (QED) is 0.819. The van der Waals surface area contributed by atoms with E-state index >= 15 is 0 Å². The minimum Gasteiger partial charge on any atom is -0.466 e. The summed E-state index contributed by atoms with van der Waals surface area (Å²) in [4.78, 5) is 0. The summed E-state index contributed by atoms with van der Waals surface area (Å²) < 4.78 is 5.73. The zero-order valence-corrected chi connectivity index (χ0v) is 11.5. The van der Waals surface area contributed by atoms with E-state index < -0.39 is 0 Å². The monoisotopic (exact) mass is 223 g/mol. The van der Waals surface area contributed by atoms with Gasteiger partial charge in [-0.3, -0.25) is 0 Å². The molecule has 2 nitrogen and oxygen atoms in total. The molecule has 2 atom stereocenters. The highest BCUT2D eigenvalue weighted by Gasteiger charge is 2.24. The zero-order valence-electron chi connectivity index (χ0n) is 11.5. The second-order valence-corrected chi connectivity index (χ2v) is 4.67. The van der Waals surface area contributed by atoms with Gasteiger partial charge in [-0.15, -0.1) is 0 Å². The minimum atomic E-state index is 0.424. The molecule has 0 saturated heterocycles. The van der Waals surface area contributed by atoms with E-state index in [1.807, 2.05) is 6.92 Å². The molecule has 1 aromatic rings. The first-order chi connectivity index (χ1) is 7.52. The van der Waals surface area contributed by atoms with Crippen molar-refractivity contribution in [3.63, 3.8) is 0 Å². The van der Waals surface area contributed by atoms with Crippen LogP contribution in [0.15, 0.2) is 4.42 Å². The van der Waals surface area contributed by atoms with Crippen LogP contribution in [0.3, 0.4) is 0 Å². The number of hydrogen-bond donors (Lipinski definition) is 1. The van der Waals surface area contributed by atoms with Gasteiger partial charge in [0.2, 0.25) is 0 Å². The molecule has 0 aliphatic rings. The molecule has 0 radical (unpaired) electrons. The molecule has 0 aromatic carbocycles. The summed E-state index contributed by atoms with van der Waals surface area (Å²) in [5.74, 6) is 2.76. The molecule has 0 aliphatic carbocycles. The van der Waals surface area contributed by atoms with Gasteiger partial charge < -0.3 is 9.73 Å². The lowest BCUT2D eigenvalue weighted by Crippen LogP contribution is -2.27. The molecule has 0 bridgehead atoms. The van der Waals surface area contributed by atoms with Crippen molar-refractivity contribution in [3.8, 4) is 0 Å². The largest absolute Gasteiger partial charge is 0.466 e. The molecule has 2 heteroatoms. The standard InChI is InChI=1S/C14H25NO/c1-7-9(3)14(15-8-2)13-10(4)11(5)16-12(13)6/h9,14-15H,7-8H2,1-6H3. The van der Waals surface area contributed by atoms with Gasteiger partial charge in [-0.2, -0.15) is 0 Å². The molecule has 0 fully saturated rings. The lowest BCUT2D eigenvalue weighted by atomic mass is 9.90. The van der Waals surface area contributed by atoms with Gasteiger partial charge in [0.05, 0.1) is 0 Å². The number of hydrogen-bond acceptors (Lipinski definition) is 2. The fourth-order valence-electron chi connectivity index (χ4n) is 2.31. The van der Waals surface area contributed by atoms with Crippen LogP contribution in [0.5, 0.6) is 0 Å². The van der Waals surface area contributed by atoms with Crippen molar-refractivity contribution in [1.82, 2.24) is 5.32 Å². The van der Waals surface area contributed by atoms with Crippen LogP contribution >= 0.6 is 0 Å². The zero-order chi connectivity index (χ0) is 12.3. The van der Waals surface area contributed by atoms with Crippen molar-refractivity contribution in [2.24, 2.45) is 5.92 Å². The van der Waals surface area contributed by atoms with Gasteiger partial charge in [-0.05, 0) is 38.8 Å². The van der Waals surface area contributed by atoms with Crippen molar-refractivity contribution < 1.29 is 4.42 Å². The Kier molecular flexibility index (Phi) is 4.60. The molecule has 1 rings (SSSR count). The van der Waals surface area contributed by atoms with Crippen molar-refractivity contribution in [3.05, 3.63) is 22.6 Å². The lowest BCUT2D eigenvalue weighted by Gasteiger charge is -2.24. The predicted octanol–water partition coefficient (Wildman–Crippen LogP) is 3.90. The maximum Gasteiger partial charge on any atom is 0.106 e. The highest BCUT2D eigenvalue weighted by molar-refractivity contribution is 5.34. The van der Waals surface area contributed by atoms with E-state index in [0.717, 1.165) is 18.1 Å². The van der Waals surface area contributed by atoms with Crippen LogP contribution in [0.4, 0.5) is 0 Å². The molecule has 1 N–H and O–H groups in total. The van der Waals surface area contributed by atoms with Crippen LogP contribution < -0.4 is 5.32 Å². The Hall–Kier alpha value is -0.760. The normalized spacial score (nSPS) is 15.1. The van der Waals surface area contributed by atoms with E-state index in [4.69, 9.17) is 4.42 Å². The van der Waals surface area contributed by atoms with Crippen LogP contribution in [-0.2, 0) is 0 Å². The fourth-order valence-corrected chi connectivity index (χ4v) is 2.31. The van der Waals surface area contributed by atoms with Gasteiger partial charge in [0, 0.05) is 11.6 Å². The first kappa shape index (κ1) is 13.3. The molecule has 1 heterocycles. The van der Waals surface area contributed by atoms with E-state index in [1.54, 1.807) is 0 Å². The SMILES string of the molecule is CCNC(c1c(C)oc(C)c1C)C(C)CC. The second kappa shape index (κ2) is 5.53. The Bertz CT molecular complexity index is 341. The molecule has 92 valence electrons. The van der Waals surface area contributed by atoms with E-state index in [9.17, 15) is 0 Å². The topological polar surface area (TPSA) is 25.2 Å². The third-order valence-electron chi connectivity index (χ3n) is 3.57. The Balaban J connectivity index is 3.09. The maximum absolute atomic E-state index is 5.73. The Morgan fingerprint density at radius 3 is 2.12 bits per heavy atom. The van der Waals surface area contributed by atoms with Crippen LogP contribution in [-0.4, -0.2) is 6.54 Å². The first-order valence-corrected chi connectivity index (χ1v) is 6.32. The number of furan rings is 1. The van der Waals surface area contributed by atoms with Crippen LogP contribution in [0.25, 0.3) is 0 Å². The van der Waals surface area contributed by atoms with Crippen molar-refractivity contribution in [2.75, 3.05) is 6.54 Å². The minimum absolute atomic E-state index is 0.424. The average molecular weight is 223 g/mol. The Morgan fingerprint density at radius 1 is 1.12 bits per heavy atom. The van der Waals surface area contributed by atoms with Gasteiger partial charge in [0.25, 0.3) is 0 Å². The van der Waals surface area contributed by atoms with Gasteiger partial charge in [0.1, 0.15) is 11.5 Å². The smallest absolute Gasteiger partial charge is 0.106 e. The summed E-state index contributed by atoms with van der Waals surface area (Å²) >= 11 is 0. The molecular weight excluding hydrogens is 198 g/mol. The molecule has 16 heavy (non-hydrogen) atoms. The van der Waals surface area contributed by atoms with Gasteiger partial charge in [0.15, 0.2) is 0 Å². The maximum atomic E-state index is 5.73. The van der Waals surface area contributed by atoms with Crippen molar-refractivity contribution in [1.29, 1.82) is 0 Å². The second-order valence-electron chi connectivity index (χ2n) is 4.67. The Morgan fingerprint density at radius 2 is 1.75 bits per heavy atom. The third kappa shape index (κ3) is 2.49. The first-order valence-electron chi connectivity index (χ1n) is 6.32. The molecule has 2 unspecified atom stereocenters. The van der Waals surface area contributed by atoms with Gasteiger partial charge >= 0.3 is 0 Å². The van der Waals surface area contributed by atoms with Crippen molar-refractivity contribution >= 4 is 0 Å². The third-order valence-corrected chi connectivity index (χ3v) is 3.57. The van der Waals surface area contributed by atoms with E-state index in [2.05, 4.69) is 39.9 Å². The van der Waals surface area contributed by atoms with E-state index in [0.29, 0.717) is 12.0 Å². The summed E-state index contributed by atoms with van der Waals surface area (Å²) in [6, 6.07) is 0.424. The highest BCUT2D eigenvalue weighted by Crippen LogP contribution is 2.32. The lowest BCUT2D eigenvalue weighted by molar-refractivity contribution is 0.376. The molecule has 0 aliphatic heterocycles. The highest BCUT2D eigenvalue weighted by atomic mass is 16.3. The molecular formula is C14H25NO. The van der Waals surface area contributed by atoms with Crippen LogP contribution in [0, 0.1) is 26.7 Å². The molecule has 0 amide bonds. The Labute approximate surface area is 99.4 Å². The summed E-state index contributed by atoms with van der Waals surface area (Å²) in [6.07, 6.45) is 1.18. The van der Waals surface area contributed by atoms with Crippen LogP contribution in [0.1, 0.15) is 55.9 Å². The molecule has 1 aromatic heterocycles. The van der Waals surface area contributed by atoms with Crippen molar-refractivity contribution in [2.45, 2.75) is 54.0 Å². The van der Waals surface area contributed by atoms with E-state index in [1.165, 1.54) is 17.5 Å². The number of aryl methyl sites for hydroxylation is 2. The summed E-state index contributed by atoms with van der Waals surface area (Å²) in [5.41, 5.74) is 2.68. The predicted molar refractivity (Wildman–Crippen MR) is 68.8 cm³/mol. The fraction of sp³-hybridized carbons (Fsp3) is 0.714.